The third-order valence-electron chi connectivity index (χ3n) is 2.95. The average Bonchev–Trinajstić information content (AvgIpc) is 2.58. The molecule has 1 heterocycles. The number of benzene rings is 1. The van der Waals surface area contributed by atoms with Crippen LogP contribution in [0.4, 0.5) is 5.95 Å². The summed E-state index contributed by atoms with van der Waals surface area (Å²) >= 11 is 0. The summed E-state index contributed by atoms with van der Waals surface area (Å²) in [4.78, 5) is 18.1. The number of aromatic nitrogens is 3. The number of carbonyl (C=O) groups excluding carboxylic acids is 1. The lowest BCUT2D eigenvalue weighted by Gasteiger charge is -2.18. The molecule has 1 amide bonds. The van der Waals surface area contributed by atoms with E-state index >= 15 is 0 Å². The monoisotopic (exact) mass is 292 g/mol. The third kappa shape index (κ3) is 3.76. The number of terminal acetylenes is 1. The molecule has 0 bridgehead atoms. The van der Waals surface area contributed by atoms with E-state index in [0.29, 0.717) is 18.7 Å². The molecule has 5 heteroatoms. The van der Waals surface area contributed by atoms with Crippen molar-refractivity contribution >= 4 is 11.9 Å². The molecule has 2 rings (SSSR count). The van der Waals surface area contributed by atoms with E-state index in [-0.39, 0.29) is 18.3 Å². The summed E-state index contributed by atoms with van der Waals surface area (Å²) in [5.41, 5.74) is 1.57. The molecule has 22 heavy (non-hydrogen) atoms. The lowest BCUT2D eigenvalue weighted by atomic mass is 10.2. The first-order valence-corrected chi connectivity index (χ1v) is 6.86. The van der Waals surface area contributed by atoms with E-state index in [9.17, 15) is 4.79 Å². The van der Waals surface area contributed by atoms with Crippen molar-refractivity contribution in [2.45, 2.75) is 12.8 Å². The van der Waals surface area contributed by atoms with Gasteiger partial charge in [-0.05, 0) is 0 Å². The van der Waals surface area contributed by atoms with Crippen molar-refractivity contribution in [2.75, 3.05) is 11.4 Å². The van der Waals surface area contributed by atoms with E-state index in [2.05, 4.69) is 27.7 Å². The van der Waals surface area contributed by atoms with Crippen LogP contribution in [0, 0.1) is 12.3 Å². The number of hydrogen-bond donors (Lipinski definition) is 0. The van der Waals surface area contributed by atoms with Crippen LogP contribution in [-0.2, 0) is 4.79 Å². The summed E-state index contributed by atoms with van der Waals surface area (Å²) < 4.78 is 0. The maximum absolute atomic E-state index is 12.2. The van der Waals surface area contributed by atoms with Gasteiger partial charge in [0.25, 0.3) is 5.95 Å². The largest absolute Gasteiger partial charge is 0.275 e. The molecule has 0 fully saturated rings. The van der Waals surface area contributed by atoms with Gasteiger partial charge in [-0.15, -0.1) is 24.0 Å². The van der Waals surface area contributed by atoms with E-state index in [1.54, 1.807) is 12.3 Å². The van der Waals surface area contributed by atoms with Crippen LogP contribution in [0.15, 0.2) is 49.2 Å². The van der Waals surface area contributed by atoms with Crippen LogP contribution in [0.5, 0.6) is 0 Å². The summed E-state index contributed by atoms with van der Waals surface area (Å²) in [7, 11) is 0. The van der Waals surface area contributed by atoms with E-state index in [4.69, 9.17) is 6.42 Å². The van der Waals surface area contributed by atoms with Crippen molar-refractivity contribution in [3.05, 3.63) is 49.2 Å². The molecule has 0 spiro atoms. The highest BCUT2D eigenvalue weighted by molar-refractivity contribution is 5.92. The third-order valence-corrected chi connectivity index (χ3v) is 2.95. The average molecular weight is 292 g/mol. The lowest BCUT2D eigenvalue weighted by Crippen LogP contribution is -2.32. The molecule has 0 aliphatic rings. The first kappa shape index (κ1) is 15.4. The van der Waals surface area contributed by atoms with Gasteiger partial charge in [0.1, 0.15) is 0 Å². The van der Waals surface area contributed by atoms with Crippen LogP contribution >= 0.6 is 0 Å². The maximum atomic E-state index is 12.2. The molecule has 0 saturated carbocycles. The highest BCUT2D eigenvalue weighted by atomic mass is 16.2. The molecular formula is C17H16N4O. The topological polar surface area (TPSA) is 59.0 Å². The number of anilines is 1. The Kier molecular flexibility index (Phi) is 5.38. The first-order valence-electron chi connectivity index (χ1n) is 6.86. The maximum Gasteiger partial charge on any atom is 0.252 e. The van der Waals surface area contributed by atoms with E-state index < -0.39 is 0 Å². The molecule has 5 nitrogen and oxygen atoms in total. The summed E-state index contributed by atoms with van der Waals surface area (Å²) in [6, 6.07) is 9.59. The Bertz CT molecular complexity index is 691. The van der Waals surface area contributed by atoms with Crippen LogP contribution in [-0.4, -0.2) is 27.6 Å². The molecule has 0 aliphatic carbocycles. The van der Waals surface area contributed by atoms with Crippen molar-refractivity contribution < 1.29 is 4.79 Å². The van der Waals surface area contributed by atoms with Crippen molar-refractivity contribution in [1.82, 2.24) is 15.2 Å². The highest BCUT2D eigenvalue weighted by Gasteiger charge is 2.17. The quantitative estimate of drug-likeness (QED) is 0.606. The van der Waals surface area contributed by atoms with Crippen molar-refractivity contribution in [3.63, 3.8) is 0 Å². The van der Waals surface area contributed by atoms with Crippen molar-refractivity contribution in [2.24, 2.45) is 0 Å². The zero-order valence-corrected chi connectivity index (χ0v) is 12.1. The second-order valence-corrected chi connectivity index (χ2v) is 4.50. The van der Waals surface area contributed by atoms with Gasteiger partial charge in [0, 0.05) is 24.9 Å². The molecule has 2 aromatic rings. The normalized spacial score (nSPS) is 9.77. The SMILES string of the molecule is C#CCCC(=O)N(CC=C)c1nncc(-c2ccccc2)n1. The van der Waals surface area contributed by atoms with Crippen LogP contribution in [0.2, 0.25) is 0 Å². The van der Waals surface area contributed by atoms with Gasteiger partial charge in [0.05, 0.1) is 11.9 Å². The summed E-state index contributed by atoms with van der Waals surface area (Å²) in [6.07, 6.45) is 9.00. The molecule has 1 aromatic heterocycles. The predicted octanol–water partition coefficient (Wildman–Crippen LogP) is 2.47. The van der Waals surface area contributed by atoms with Crippen LogP contribution in [0.1, 0.15) is 12.8 Å². The number of nitrogens with zero attached hydrogens (tertiary/aromatic N) is 4. The summed E-state index contributed by atoms with van der Waals surface area (Å²) in [6.45, 7) is 3.97. The fourth-order valence-electron chi connectivity index (χ4n) is 1.89. The minimum atomic E-state index is -0.148. The fraction of sp³-hybridized carbons (Fsp3) is 0.176. The zero-order valence-electron chi connectivity index (χ0n) is 12.1. The Balaban J connectivity index is 2.31. The Morgan fingerprint density at radius 1 is 1.36 bits per heavy atom. The van der Waals surface area contributed by atoms with Crippen LogP contribution in [0.3, 0.4) is 0 Å². The molecule has 0 radical (unpaired) electrons. The van der Waals surface area contributed by atoms with Crippen LogP contribution in [0.25, 0.3) is 11.3 Å². The van der Waals surface area contributed by atoms with Gasteiger partial charge in [0.2, 0.25) is 5.91 Å². The summed E-state index contributed by atoms with van der Waals surface area (Å²) in [5, 5.41) is 7.90. The molecule has 1 aromatic carbocycles. The molecule has 0 atom stereocenters. The van der Waals surface area contributed by atoms with E-state index in [1.807, 2.05) is 30.3 Å². The number of hydrogen-bond acceptors (Lipinski definition) is 4. The van der Waals surface area contributed by atoms with Gasteiger partial charge in [-0.2, -0.15) is 5.10 Å². The number of amides is 1. The highest BCUT2D eigenvalue weighted by Crippen LogP contribution is 2.18. The lowest BCUT2D eigenvalue weighted by molar-refractivity contribution is -0.118. The van der Waals surface area contributed by atoms with Gasteiger partial charge in [-0.25, -0.2) is 4.98 Å². The smallest absolute Gasteiger partial charge is 0.252 e. The Morgan fingerprint density at radius 2 is 2.14 bits per heavy atom. The molecular weight excluding hydrogens is 276 g/mol. The minimum absolute atomic E-state index is 0.148. The second kappa shape index (κ2) is 7.70. The zero-order chi connectivity index (χ0) is 15.8. The van der Waals surface area contributed by atoms with E-state index in [0.717, 1.165) is 5.56 Å². The van der Waals surface area contributed by atoms with Gasteiger partial charge in [-0.1, -0.05) is 36.4 Å². The van der Waals surface area contributed by atoms with Crippen molar-refractivity contribution in [3.8, 4) is 23.6 Å². The van der Waals surface area contributed by atoms with E-state index in [1.165, 1.54) is 4.90 Å². The van der Waals surface area contributed by atoms with Gasteiger partial charge in [-0.3, -0.25) is 9.69 Å². The van der Waals surface area contributed by atoms with Gasteiger partial charge in [0.15, 0.2) is 0 Å². The number of carbonyl (C=O) groups is 1. The Hall–Kier alpha value is -3.00. The molecule has 0 unspecified atom stereocenters. The summed E-state index contributed by atoms with van der Waals surface area (Å²) in [5.74, 6) is 2.56. The fourth-order valence-corrected chi connectivity index (χ4v) is 1.89. The Morgan fingerprint density at radius 3 is 2.82 bits per heavy atom. The van der Waals surface area contributed by atoms with Crippen LogP contribution < -0.4 is 4.90 Å². The van der Waals surface area contributed by atoms with Gasteiger partial charge >= 0.3 is 0 Å². The van der Waals surface area contributed by atoms with Crippen molar-refractivity contribution in [1.29, 1.82) is 0 Å². The molecule has 0 N–H and O–H groups in total. The van der Waals surface area contributed by atoms with Gasteiger partial charge < -0.3 is 0 Å². The standard InChI is InChI=1S/C17H16N4O/c1-3-5-11-16(22)21(12-4-2)17-19-15(13-18-20-17)14-9-7-6-8-10-14/h1,4,6-10,13H,2,5,11-12H2. The Labute approximate surface area is 129 Å². The molecule has 0 aliphatic heterocycles. The first-order chi connectivity index (χ1) is 10.8. The molecule has 110 valence electrons. The second-order valence-electron chi connectivity index (χ2n) is 4.50. The number of rotatable bonds is 6. The predicted molar refractivity (Wildman–Crippen MR) is 85.9 cm³/mol. The minimum Gasteiger partial charge on any atom is -0.275 e. The molecule has 0 saturated heterocycles.